The van der Waals surface area contributed by atoms with Crippen LogP contribution in [0.15, 0.2) is 61.3 Å². The number of nitrogens with two attached hydrogens (primary N) is 1. The Labute approximate surface area is 153 Å². The molecular weight excluding hydrogens is 326 g/mol. The van der Waals surface area contributed by atoms with Crippen molar-refractivity contribution in [3.63, 3.8) is 0 Å². The van der Waals surface area contributed by atoms with Crippen LogP contribution in [0.25, 0.3) is 0 Å². The van der Waals surface area contributed by atoms with Crippen molar-refractivity contribution >= 4 is 0 Å². The van der Waals surface area contributed by atoms with E-state index in [0.717, 1.165) is 42.4 Å². The zero-order valence-corrected chi connectivity index (χ0v) is 14.8. The van der Waals surface area contributed by atoms with Gasteiger partial charge in [0.1, 0.15) is 11.5 Å². The van der Waals surface area contributed by atoms with Crippen molar-refractivity contribution in [3.8, 4) is 11.5 Å². The van der Waals surface area contributed by atoms with Gasteiger partial charge in [0.15, 0.2) is 0 Å². The zero-order chi connectivity index (χ0) is 17.9. The van der Waals surface area contributed by atoms with Gasteiger partial charge in [-0.2, -0.15) is 0 Å². The average Bonchev–Trinajstić information content (AvgIpc) is 3.23. The van der Waals surface area contributed by atoms with Crippen molar-refractivity contribution in [2.45, 2.75) is 18.5 Å². The maximum atomic E-state index is 6.40. The molecule has 26 heavy (non-hydrogen) atoms. The van der Waals surface area contributed by atoms with Gasteiger partial charge in [-0.1, -0.05) is 18.2 Å². The summed E-state index contributed by atoms with van der Waals surface area (Å²) in [7, 11) is 1.99. The summed E-state index contributed by atoms with van der Waals surface area (Å²) >= 11 is 0. The topological polar surface area (TPSA) is 69.2 Å². The Morgan fingerprint density at radius 1 is 1.19 bits per heavy atom. The molecule has 1 aliphatic heterocycles. The van der Waals surface area contributed by atoms with Crippen LogP contribution in [0.4, 0.5) is 0 Å². The Bertz CT molecular complexity index is 863. The summed E-state index contributed by atoms with van der Waals surface area (Å²) in [6, 6.07) is 12.0. The van der Waals surface area contributed by atoms with Gasteiger partial charge in [0.2, 0.25) is 0 Å². The Morgan fingerprint density at radius 2 is 2.08 bits per heavy atom. The predicted molar refractivity (Wildman–Crippen MR) is 100.0 cm³/mol. The molecule has 0 bridgehead atoms. The zero-order valence-electron chi connectivity index (χ0n) is 14.8. The number of likely N-dealkylation sites (tertiary alicyclic amines) is 1. The first-order valence-electron chi connectivity index (χ1n) is 8.80. The minimum atomic E-state index is 0.0938. The molecule has 4 rings (SSSR count). The van der Waals surface area contributed by atoms with Gasteiger partial charge in [0, 0.05) is 56.6 Å². The molecule has 0 saturated carbocycles. The summed E-state index contributed by atoms with van der Waals surface area (Å²) in [5.41, 5.74) is 8.61. The number of para-hydroxylation sites is 1. The van der Waals surface area contributed by atoms with Crippen LogP contribution in [0, 0.1) is 0 Å². The Balaban J connectivity index is 1.48. The molecule has 0 aliphatic carbocycles. The molecule has 1 aliphatic rings. The van der Waals surface area contributed by atoms with Crippen LogP contribution in [-0.2, 0) is 13.6 Å². The van der Waals surface area contributed by atoms with Crippen LogP contribution in [-0.4, -0.2) is 38.6 Å². The molecule has 2 atom stereocenters. The number of hydrogen-bond donors (Lipinski definition) is 1. The lowest BCUT2D eigenvalue weighted by Crippen LogP contribution is -2.28. The predicted octanol–water partition coefficient (Wildman–Crippen LogP) is 2.53. The minimum absolute atomic E-state index is 0.0938. The number of benzene rings is 1. The average molecular weight is 349 g/mol. The first-order valence-corrected chi connectivity index (χ1v) is 8.80. The molecule has 6 nitrogen and oxygen atoms in total. The molecule has 134 valence electrons. The highest BCUT2D eigenvalue weighted by Crippen LogP contribution is 2.30. The van der Waals surface area contributed by atoms with Gasteiger partial charge >= 0.3 is 0 Å². The van der Waals surface area contributed by atoms with Crippen LogP contribution >= 0.6 is 0 Å². The number of aryl methyl sites for hydroxylation is 1. The SMILES string of the molecule is Cn1cnc([C@@H]2CN(Cc3ccccc3Oc3cccnc3)C[C@H]2N)c1. The lowest BCUT2D eigenvalue weighted by Gasteiger charge is -2.18. The maximum Gasteiger partial charge on any atom is 0.145 e. The van der Waals surface area contributed by atoms with E-state index in [1.807, 2.05) is 48.3 Å². The van der Waals surface area contributed by atoms with E-state index in [0.29, 0.717) is 0 Å². The first-order chi connectivity index (χ1) is 12.7. The maximum absolute atomic E-state index is 6.40. The first kappa shape index (κ1) is 16.8. The van der Waals surface area contributed by atoms with Crippen LogP contribution in [0.5, 0.6) is 11.5 Å². The van der Waals surface area contributed by atoms with Crippen molar-refractivity contribution < 1.29 is 4.74 Å². The van der Waals surface area contributed by atoms with Gasteiger partial charge in [0.25, 0.3) is 0 Å². The normalized spacial score (nSPS) is 20.4. The number of pyridine rings is 1. The van der Waals surface area contributed by atoms with Gasteiger partial charge in [0.05, 0.1) is 18.2 Å². The fraction of sp³-hybridized carbons (Fsp3) is 0.300. The fourth-order valence-electron chi connectivity index (χ4n) is 3.49. The highest BCUT2D eigenvalue weighted by molar-refractivity contribution is 5.37. The number of ether oxygens (including phenoxy) is 1. The highest BCUT2D eigenvalue weighted by Gasteiger charge is 2.32. The molecule has 1 aromatic carbocycles. The van der Waals surface area contributed by atoms with E-state index in [-0.39, 0.29) is 12.0 Å². The summed E-state index contributed by atoms with van der Waals surface area (Å²) in [5, 5.41) is 0. The van der Waals surface area contributed by atoms with E-state index in [4.69, 9.17) is 10.5 Å². The molecule has 0 unspecified atom stereocenters. The third-order valence-corrected chi connectivity index (χ3v) is 4.77. The van der Waals surface area contributed by atoms with Crippen LogP contribution < -0.4 is 10.5 Å². The molecule has 0 radical (unpaired) electrons. The minimum Gasteiger partial charge on any atom is -0.455 e. The van der Waals surface area contributed by atoms with Gasteiger partial charge in [-0.05, 0) is 18.2 Å². The van der Waals surface area contributed by atoms with Crippen molar-refractivity contribution in [2.24, 2.45) is 12.8 Å². The molecule has 3 heterocycles. The Hall–Kier alpha value is -2.70. The largest absolute Gasteiger partial charge is 0.455 e. The van der Waals surface area contributed by atoms with E-state index in [1.54, 1.807) is 12.4 Å². The van der Waals surface area contributed by atoms with E-state index in [1.165, 1.54) is 0 Å². The van der Waals surface area contributed by atoms with Gasteiger partial charge < -0.3 is 15.0 Å². The highest BCUT2D eigenvalue weighted by atomic mass is 16.5. The standard InChI is InChI=1S/C20H23N5O/c1-24-13-19(23-14-24)17-11-25(12-18(17)21)10-15-5-2-3-7-20(15)26-16-6-4-8-22-9-16/h2-9,13-14,17-18H,10-12,21H2,1H3/t17-,18-/m1/s1. The monoisotopic (exact) mass is 349 g/mol. The number of nitrogens with zero attached hydrogens (tertiary/aromatic N) is 4. The number of hydrogen-bond acceptors (Lipinski definition) is 5. The number of imidazole rings is 1. The number of aromatic nitrogens is 3. The molecule has 0 amide bonds. The third kappa shape index (κ3) is 3.61. The van der Waals surface area contributed by atoms with Crippen LogP contribution in [0.2, 0.25) is 0 Å². The van der Waals surface area contributed by atoms with Crippen molar-refractivity contribution in [2.75, 3.05) is 13.1 Å². The molecular formula is C20H23N5O. The number of rotatable bonds is 5. The van der Waals surface area contributed by atoms with Crippen LogP contribution in [0.1, 0.15) is 17.2 Å². The molecule has 2 N–H and O–H groups in total. The quantitative estimate of drug-likeness (QED) is 0.766. The van der Waals surface area contributed by atoms with Gasteiger partial charge in [-0.25, -0.2) is 4.98 Å². The van der Waals surface area contributed by atoms with E-state index in [2.05, 4.69) is 27.1 Å². The fourth-order valence-corrected chi connectivity index (χ4v) is 3.49. The summed E-state index contributed by atoms with van der Waals surface area (Å²) < 4.78 is 8.00. The van der Waals surface area contributed by atoms with Gasteiger partial charge in [-0.15, -0.1) is 0 Å². The Kier molecular flexibility index (Phi) is 4.69. The smallest absolute Gasteiger partial charge is 0.145 e. The lowest BCUT2D eigenvalue weighted by atomic mass is 10.0. The molecule has 6 heteroatoms. The lowest BCUT2D eigenvalue weighted by molar-refractivity contribution is 0.318. The second kappa shape index (κ2) is 7.27. The summed E-state index contributed by atoms with van der Waals surface area (Å²) in [6.07, 6.45) is 7.36. The van der Waals surface area contributed by atoms with Crippen molar-refractivity contribution in [1.82, 2.24) is 19.4 Å². The molecule has 2 aromatic heterocycles. The van der Waals surface area contributed by atoms with E-state index >= 15 is 0 Å². The molecule has 1 saturated heterocycles. The second-order valence-corrected chi connectivity index (χ2v) is 6.83. The third-order valence-electron chi connectivity index (χ3n) is 4.77. The molecule has 1 fully saturated rings. The second-order valence-electron chi connectivity index (χ2n) is 6.83. The summed E-state index contributed by atoms with van der Waals surface area (Å²) in [5.74, 6) is 1.86. The van der Waals surface area contributed by atoms with Crippen LogP contribution in [0.3, 0.4) is 0 Å². The van der Waals surface area contributed by atoms with Gasteiger partial charge in [-0.3, -0.25) is 9.88 Å². The molecule has 3 aromatic rings. The summed E-state index contributed by atoms with van der Waals surface area (Å²) in [6.45, 7) is 2.55. The van der Waals surface area contributed by atoms with Crippen molar-refractivity contribution in [1.29, 1.82) is 0 Å². The molecule has 0 spiro atoms. The van der Waals surface area contributed by atoms with Crippen molar-refractivity contribution in [3.05, 3.63) is 72.6 Å². The summed E-state index contributed by atoms with van der Waals surface area (Å²) in [4.78, 5) is 11.0. The van der Waals surface area contributed by atoms with E-state index in [9.17, 15) is 0 Å². The Morgan fingerprint density at radius 3 is 2.85 bits per heavy atom. The van der Waals surface area contributed by atoms with E-state index < -0.39 is 0 Å².